The van der Waals surface area contributed by atoms with Crippen LogP contribution in [0.4, 0.5) is 0 Å². The van der Waals surface area contributed by atoms with Gasteiger partial charge in [-0.15, -0.1) is 0 Å². The summed E-state index contributed by atoms with van der Waals surface area (Å²) in [7, 11) is 0. The maximum absolute atomic E-state index is 11.3. The fourth-order valence-electron chi connectivity index (χ4n) is 1.11. The van der Waals surface area contributed by atoms with Crippen molar-refractivity contribution in [3.63, 3.8) is 0 Å². The van der Waals surface area contributed by atoms with Gasteiger partial charge in [0.15, 0.2) is 13.1 Å². The molecule has 0 aliphatic rings. The summed E-state index contributed by atoms with van der Waals surface area (Å²) >= 11 is 0. The summed E-state index contributed by atoms with van der Waals surface area (Å²) in [6.07, 6.45) is 2.26. The Kier molecular flexibility index (Phi) is 8.12. The highest BCUT2D eigenvalue weighted by atomic mass is 17.2. The molecule has 1 heterocycles. The Morgan fingerprint density at radius 2 is 1.88 bits per heavy atom. The van der Waals surface area contributed by atoms with Crippen molar-refractivity contribution in [2.45, 2.75) is 6.29 Å². The Morgan fingerprint density at radius 1 is 1.12 bits per heavy atom. The molecule has 0 saturated heterocycles. The molecular formula is C14H12O11. The van der Waals surface area contributed by atoms with Gasteiger partial charge in [-0.2, -0.15) is 0 Å². The molecule has 0 bridgehead atoms. The minimum atomic E-state index is -1.65. The van der Waals surface area contributed by atoms with Crippen LogP contribution in [0.2, 0.25) is 0 Å². The van der Waals surface area contributed by atoms with Crippen LogP contribution >= 0.6 is 0 Å². The number of esters is 1. The maximum Gasteiger partial charge on any atom is 0.421 e. The Morgan fingerprint density at radius 3 is 2.52 bits per heavy atom. The largest absolute Gasteiger partial charge is 0.478 e. The van der Waals surface area contributed by atoms with Crippen LogP contribution in [0.3, 0.4) is 0 Å². The van der Waals surface area contributed by atoms with Crippen molar-refractivity contribution in [3.05, 3.63) is 48.5 Å². The quantitative estimate of drug-likeness (QED) is 0.211. The fourth-order valence-corrected chi connectivity index (χ4v) is 1.11. The molecule has 0 fully saturated rings. The third-order valence-electron chi connectivity index (χ3n) is 2.12. The van der Waals surface area contributed by atoms with Crippen LogP contribution in [0.1, 0.15) is 10.6 Å². The van der Waals surface area contributed by atoms with Crippen LogP contribution in [0.15, 0.2) is 47.1 Å². The molecule has 1 aromatic heterocycles. The number of hydrogen-bond donors (Lipinski definition) is 2. The van der Waals surface area contributed by atoms with Gasteiger partial charge in [-0.1, -0.05) is 0 Å². The van der Waals surface area contributed by atoms with Gasteiger partial charge in [0.1, 0.15) is 0 Å². The molecule has 0 saturated carbocycles. The minimum Gasteiger partial charge on any atom is -0.478 e. The first-order valence-corrected chi connectivity index (χ1v) is 6.40. The number of carboxylic acid groups (broad SMARTS) is 1. The molecule has 1 unspecified atom stereocenters. The van der Waals surface area contributed by atoms with Gasteiger partial charge in [0.05, 0.1) is 6.26 Å². The molecular weight excluding hydrogens is 344 g/mol. The third kappa shape index (κ3) is 8.68. The monoisotopic (exact) mass is 356 g/mol. The summed E-state index contributed by atoms with van der Waals surface area (Å²) in [4.78, 5) is 51.9. The lowest BCUT2D eigenvalue weighted by molar-refractivity contribution is -0.229. The van der Waals surface area contributed by atoms with Gasteiger partial charge >= 0.3 is 23.9 Å². The number of aliphatic carboxylic acids is 1. The maximum atomic E-state index is 11.3. The standard InChI is InChI=1S/C14H12O11/c15-10(16)3-4-11(17)22-8-23-12(18)5-6-13(19)24-25-14(20)9-2-1-7-21-9/h1-7,12,18H,8H2,(H,15,16)/b4-3+,6-5+. The van der Waals surface area contributed by atoms with Crippen LogP contribution in [0.25, 0.3) is 0 Å². The number of ether oxygens (including phenoxy) is 2. The molecule has 11 nitrogen and oxygen atoms in total. The molecule has 0 aliphatic heterocycles. The van der Waals surface area contributed by atoms with E-state index in [0.29, 0.717) is 18.2 Å². The van der Waals surface area contributed by atoms with E-state index in [2.05, 4.69) is 19.2 Å². The van der Waals surface area contributed by atoms with E-state index in [4.69, 9.17) is 9.52 Å². The van der Waals surface area contributed by atoms with Gasteiger partial charge in [0, 0.05) is 18.2 Å². The normalized spacial score (nSPS) is 12.0. The van der Waals surface area contributed by atoms with Crippen molar-refractivity contribution in [1.82, 2.24) is 0 Å². The van der Waals surface area contributed by atoms with Crippen LogP contribution in [-0.2, 0) is 33.6 Å². The zero-order valence-electron chi connectivity index (χ0n) is 12.4. The zero-order valence-corrected chi connectivity index (χ0v) is 12.4. The third-order valence-corrected chi connectivity index (χ3v) is 2.12. The molecule has 0 radical (unpaired) electrons. The average Bonchev–Trinajstić information content (AvgIpc) is 3.10. The number of furan rings is 1. The molecule has 2 N–H and O–H groups in total. The second-order valence-electron chi connectivity index (χ2n) is 3.92. The summed E-state index contributed by atoms with van der Waals surface area (Å²) in [6.45, 7) is -0.711. The van der Waals surface area contributed by atoms with Gasteiger partial charge in [0.25, 0.3) is 0 Å². The van der Waals surface area contributed by atoms with Crippen LogP contribution < -0.4 is 0 Å². The SMILES string of the molecule is O=C(O)/C=C/C(=O)OCOC(O)/C=C/C(=O)OOC(=O)c1ccco1. The smallest absolute Gasteiger partial charge is 0.421 e. The first-order chi connectivity index (χ1) is 11.9. The van der Waals surface area contributed by atoms with Crippen molar-refractivity contribution in [2.24, 2.45) is 0 Å². The molecule has 134 valence electrons. The molecule has 1 atom stereocenters. The number of carbonyl (C=O) groups is 4. The van der Waals surface area contributed by atoms with E-state index in [1.54, 1.807) is 0 Å². The number of carbonyl (C=O) groups excluding carboxylic acids is 3. The summed E-state index contributed by atoms with van der Waals surface area (Å²) in [6, 6.07) is 2.72. The second kappa shape index (κ2) is 10.4. The second-order valence-corrected chi connectivity index (χ2v) is 3.92. The molecule has 0 aliphatic carbocycles. The summed E-state index contributed by atoms with van der Waals surface area (Å²) in [5, 5.41) is 17.6. The minimum absolute atomic E-state index is 0.182. The van der Waals surface area contributed by atoms with E-state index >= 15 is 0 Å². The van der Waals surface area contributed by atoms with E-state index in [0.717, 1.165) is 6.08 Å². The van der Waals surface area contributed by atoms with Gasteiger partial charge in [0.2, 0.25) is 5.76 Å². The molecule has 1 rings (SSSR count). The zero-order chi connectivity index (χ0) is 18.7. The van der Waals surface area contributed by atoms with Crippen molar-refractivity contribution in [1.29, 1.82) is 0 Å². The number of rotatable bonds is 8. The van der Waals surface area contributed by atoms with E-state index in [-0.39, 0.29) is 5.76 Å². The lowest BCUT2D eigenvalue weighted by atomic mass is 10.5. The summed E-state index contributed by atoms with van der Waals surface area (Å²) in [5.74, 6) is -4.71. The number of aliphatic hydroxyl groups is 1. The van der Waals surface area contributed by atoms with Crippen LogP contribution in [0, 0.1) is 0 Å². The van der Waals surface area contributed by atoms with Gasteiger partial charge in [-0.05, 0) is 18.2 Å². The number of hydrogen-bond acceptors (Lipinski definition) is 10. The van der Waals surface area contributed by atoms with Crippen LogP contribution in [0.5, 0.6) is 0 Å². The highest BCUT2D eigenvalue weighted by Crippen LogP contribution is 2.03. The predicted molar refractivity (Wildman–Crippen MR) is 74.2 cm³/mol. The highest BCUT2D eigenvalue weighted by molar-refractivity contribution is 5.90. The highest BCUT2D eigenvalue weighted by Gasteiger charge is 2.13. The molecule has 0 spiro atoms. The average molecular weight is 356 g/mol. The lowest BCUT2D eigenvalue weighted by Crippen LogP contribution is -2.15. The van der Waals surface area contributed by atoms with Crippen molar-refractivity contribution in [3.8, 4) is 0 Å². The van der Waals surface area contributed by atoms with E-state index in [9.17, 15) is 24.3 Å². The Hall–Kier alpha value is -3.44. The first-order valence-electron chi connectivity index (χ1n) is 6.40. The summed E-state index contributed by atoms with van der Waals surface area (Å²) in [5.41, 5.74) is 0. The van der Waals surface area contributed by atoms with Gasteiger partial charge in [-0.3, -0.25) is 0 Å². The Labute approximate surface area is 139 Å². The number of carboxylic acids is 1. The van der Waals surface area contributed by atoms with Gasteiger partial charge in [-0.25, -0.2) is 29.0 Å². The summed E-state index contributed by atoms with van der Waals surface area (Å²) < 4.78 is 13.7. The molecule has 0 amide bonds. The number of aliphatic hydroxyl groups excluding tert-OH is 1. The first kappa shape index (κ1) is 19.6. The van der Waals surface area contributed by atoms with Gasteiger partial charge < -0.3 is 24.1 Å². The van der Waals surface area contributed by atoms with Crippen molar-refractivity contribution >= 4 is 23.9 Å². The van der Waals surface area contributed by atoms with E-state index in [1.165, 1.54) is 18.4 Å². The fraction of sp³-hybridized carbons (Fsp3) is 0.143. The van der Waals surface area contributed by atoms with E-state index in [1.807, 2.05) is 0 Å². The molecule has 11 heteroatoms. The molecule has 25 heavy (non-hydrogen) atoms. The van der Waals surface area contributed by atoms with Crippen LogP contribution in [-0.4, -0.2) is 47.2 Å². The Balaban J connectivity index is 2.23. The predicted octanol–water partition coefficient (Wildman–Crippen LogP) is -0.0727. The van der Waals surface area contributed by atoms with E-state index < -0.39 is 37.0 Å². The van der Waals surface area contributed by atoms with Crippen molar-refractivity contribution in [2.75, 3.05) is 6.79 Å². The molecule has 1 aromatic rings. The van der Waals surface area contributed by atoms with Crippen molar-refractivity contribution < 1.29 is 53.1 Å². The lowest BCUT2D eigenvalue weighted by Gasteiger charge is -2.07. The topological polar surface area (TPSA) is 159 Å². The molecule has 0 aromatic carbocycles. The Bertz CT molecular complexity index is 656.